The van der Waals surface area contributed by atoms with Gasteiger partial charge in [0.2, 0.25) is 0 Å². The van der Waals surface area contributed by atoms with Crippen LogP contribution in [0.25, 0.3) is 0 Å². The highest BCUT2D eigenvalue weighted by atomic mass is 16.5. The lowest BCUT2D eigenvalue weighted by Gasteiger charge is -2.34. The highest BCUT2D eigenvalue weighted by Crippen LogP contribution is 2.23. The van der Waals surface area contributed by atoms with Gasteiger partial charge in [-0.3, -0.25) is 4.90 Å². The second-order valence-corrected chi connectivity index (χ2v) is 7.26. The zero-order valence-corrected chi connectivity index (χ0v) is 16.3. The SMILES string of the molecule is CC(CN(C)Cc1ccc(N(C)c2ccccc2)cc1)N1CCOCC1. The van der Waals surface area contributed by atoms with Crippen molar-refractivity contribution in [1.29, 1.82) is 0 Å². The van der Waals surface area contributed by atoms with E-state index in [0.29, 0.717) is 6.04 Å². The van der Waals surface area contributed by atoms with E-state index in [0.717, 1.165) is 39.4 Å². The molecule has 3 rings (SSSR count). The molecule has 0 N–H and O–H groups in total. The third-order valence-corrected chi connectivity index (χ3v) is 5.16. The van der Waals surface area contributed by atoms with E-state index in [-0.39, 0.29) is 0 Å². The van der Waals surface area contributed by atoms with Gasteiger partial charge >= 0.3 is 0 Å². The van der Waals surface area contributed by atoms with Crippen molar-refractivity contribution in [1.82, 2.24) is 9.80 Å². The number of hydrogen-bond donors (Lipinski definition) is 0. The first-order chi connectivity index (χ1) is 12.6. The van der Waals surface area contributed by atoms with E-state index >= 15 is 0 Å². The molecule has 1 saturated heterocycles. The minimum absolute atomic E-state index is 0.562. The van der Waals surface area contributed by atoms with Crippen LogP contribution < -0.4 is 4.90 Å². The van der Waals surface area contributed by atoms with Crippen LogP contribution >= 0.6 is 0 Å². The third kappa shape index (κ3) is 5.07. The average molecular weight is 354 g/mol. The Hall–Kier alpha value is -1.88. The van der Waals surface area contributed by atoms with Gasteiger partial charge in [-0.2, -0.15) is 0 Å². The Morgan fingerprint density at radius 2 is 1.54 bits per heavy atom. The van der Waals surface area contributed by atoms with Gasteiger partial charge in [0.15, 0.2) is 0 Å². The number of hydrogen-bond acceptors (Lipinski definition) is 4. The summed E-state index contributed by atoms with van der Waals surface area (Å²) in [7, 11) is 4.32. The van der Waals surface area contributed by atoms with Crippen LogP contribution in [-0.2, 0) is 11.3 Å². The average Bonchev–Trinajstić information content (AvgIpc) is 2.69. The second-order valence-electron chi connectivity index (χ2n) is 7.26. The standard InChI is InChI=1S/C22H31N3O/c1-19(25-13-15-26-16-14-25)17-23(2)18-20-9-11-22(12-10-20)24(3)21-7-5-4-6-8-21/h4-12,19H,13-18H2,1-3H3. The molecule has 1 atom stereocenters. The highest BCUT2D eigenvalue weighted by molar-refractivity contribution is 5.62. The molecule has 1 aliphatic heterocycles. The number of morpholine rings is 1. The summed E-state index contributed by atoms with van der Waals surface area (Å²) in [6.45, 7) is 8.20. The molecule has 1 aliphatic rings. The Morgan fingerprint density at radius 3 is 2.19 bits per heavy atom. The minimum Gasteiger partial charge on any atom is -0.379 e. The van der Waals surface area contributed by atoms with Crippen LogP contribution in [0.3, 0.4) is 0 Å². The normalized spacial score (nSPS) is 16.6. The maximum Gasteiger partial charge on any atom is 0.0594 e. The lowest BCUT2D eigenvalue weighted by Crippen LogP contribution is -2.46. The monoisotopic (exact) mass is 353 g/mol. The van der Waals surface area contributed by atoms with Crippen LogP contribution in [0.4, 0.5) is 11.4 Å². The van der Waals surface area contributed by atoms with E-state index in [1.165, 1.54) is 16.9 Å². The molecule has 1 unspecified atom stereocenters. The molecule has 0 bridgehead atoms. The van der Waals surface area contributed by atoms with Crippen molar-refractivity contribution in [2.75, 3.05) is 51.8 Å². The topological polar surface area (TPSA) is 19.0 Å². The Bertz CT molecular complexity index is 653. The fourth-order valence-corrected chi connectivity index (χ4v) is 3.59. The summed E-state index contributed by atoms with van der Waals surface area (Å²) in [5.74, 6) is 0. The molecule has 2 aromatic carbocycles. The zero-order chi connectivity index (χ0) is 18.4. The van der Waals surface area contributed by atoms with Gasteiger partial charge in [-0.25, -0.2) is 0 Å². The van der Waals surface area contributed by atoms with E-state index in [1.807, 2.05) is 6.07 Å². The molecule has 0 radical (unpaired) electrons. The third-order valence-electron chi connectivity index (χ3n) is 5.16. The molecule has 0 aromatic heterocycles. The van der Waals surface area contributed by atoms with Crippen molar-refractivity contribution in [2.24, 2.45) is 0 Å². The van der Waals surface area contributed by atoms with Crippen LogP contribution in [0.2, 0.25) is 0 Å². The number of rotatable bonds is 7. The van der Waals surface area contributed by atoms with Gasteiger partial charge in [0.1, 0.15) is 0 Å². The Balaban J connectivity index is 1.53. The van der Waals surface area contributed by atoms with Gasteiger partial charge in [-0.05, 0) is 43.8 Å². The van der Waals surface area contributed by atoms with Gasteiger partial charge in [0.25, 0.3) is 0 Å². The Labute approximate surface area is 158 Å². The number of nitrogens with zero attached hydrogens (tertiary/aromatic N) is 3. The van der Waals surface area contributed by atoms with Crippen LogP contribution in [0, 0.1) is 0 Å². The van der Waals surface area contributed by atoms with Gasteiger partial charge in [0.05, 0.1) is 13.2 Å². The molecule has 0 spiro atoms. The van der Waals surface area contributed by atoms with E-state index in [9.17, 15) is 0 Å². The van der Waals surface area contributed by atoms with Gasteiger partial charge in [-0.1, -0.05) is 30.3 Å². The molecule has 1 heterocycles. The number of likely N-dealkylation sites (N-methyl/N-ethyl adjacent to an activating group) is 1. The van der Waals surface area contributed by atoms with Crippen LogP contribution in [0.5, 0.6) is 0 Å². The second kappa shape index (κ2) is 9.17. The first-order valence-corrected chi connectivity index (χ1v) is 9.51. The summed E-state index contributed by atoms with van der Waals surface area (Å²) in [6, 6.07) is 19.9. The van der Waals surface area contributed by atoms with Crippen LogP contribution in [-0.4, -0.2) is 62.8 Å². The fraction of sp³-hybridized carbons (Fsp3) is 0.455. The van der Waals surface area contributed by atoms with Crippen molar-refractivity contribution >= 4 is 11.4 Å². The number of anilines is 2. The molecule has 0 aliphatic carbocycles. The molecule has 26 heavy (non-hydrogen) atoms. The van der Waals surface area contributed by atoms with E-state index in [4.69, 9.17) is 4.74 Å². The number of para-hydroxylation sites is 1. The highest BCUT2D eigenvalue weighted by Gasteiger charge is 2.18. The summed E-state index contributed by atoms with van der Waals surface area (Å²) in [5, 5.41) is 0. The first-order valence-electron chi connectivity index (χ1n) is 9.51. The van der Waals surface area contributed by atoms with Gasteiger partial charge in [-0.15, -0.1) is 0 Å². The molecular weight excluding hydrogens is 322 g/mol. The minimum atomic E-state index is 0.562. The summed E-state index contributed by atoms with van der Waals surface area (Å²) < 4.78 is 5.45. The molecule has 2 aromatic rings. The molecule has 4 nitrogen and oxygen atoms in total. The van der Waals surface area contributed by atoms with Crippen molar-refractivity contribution < 1.29 is 4.74 Å². The maximum atomic E-state index is 5.45. The predicted molar refractivity (Wildman–Crippen MR) is 109 cm³/mol. The number of benzene rings is 2. The Morgan fingerprint density at radius 1 is 0.923 bits per heavy atom. The lowest BCUT2D eigenvalue weighted by atomic mass is 10.1. The van der Waals surface area contributed by atoms with Gasteiger partial charge in [0, 0.05) is 50.6 Å². The first kappa shape index (κ1) is 18.9. The molecular formula is C22H31N3O. The van der Waals surface area contributed by atoms with Crippen molar-refractivity contribution in [3.8, 4) is 0 Å². The molecule has 1 fully saturated rings. The van der Waals surface area contributed by atoms with E-state index in [1.54, 1.807) is 0 Å². The Kier molecular flexibility index (Phi) is 6.67. The summed E-state index contributed by atoms with van der Waals surface area (Å²) in [6.07, 6.45) is 0. The summed E-state index contributed by atoms with van der Waals surface area (Å²) in [5.41, 5.74) is 3.77. The molecule has 4 heteroatoms. The summed E-state index contributed by atoms with van der Waals surface area (Å²) >= 11 is 0. The summed E-state index contributed by atoms with van der Waals surface area (Å²) in [4.78, 5) is 7.15. The van der Waals surface area contributed by atoms with Crippen LogP contribution in [0.1, 0.15) is 12.5 Å². The lowest BCUT2D eigenvalue weighted by molar-refractivity contribution is 0.0137. The quantitative estimate of drug-likeness (QED) is 0.757. The van der Waals surface area contributed by atoms with Crippen LogP contribution in [0.15, 0.2) is 54.6 Å². The fourth-order valence-electron chi connectivity index (χ4n) is 3.59. The van der Waals surface area contributed by atoms with Gasteiger partial charge < -0.3 is 14.5 Å². The number of ether oxygens (including phenoxy) is 1. The largest absolute Gasteiger partial charge is 0.379 e. The molecule has 140 valence electrons. The smallest absolute Gasteiger partial charge is 0.0594 e. The van der Waals surface area contributed by atoms with Crippen molar-refractivity contribution in [3.63, 3.8) is 0 Å². The van der Waals surface area contributed by atoms with E-state index < -0.39 is 0 Å². The van der Waals surface area contributed by atoms with Crippen molar-refractivity contribution in [3.05, 3.63) is 60.2 Å². The maximum absolute atomic E-state index is 5.45. The predicted octanol–water partition coefficient (Wildman–Crippen LogP) is 3.61. The van der Waals surface area contributed by atoms with E-state index in [2.05, 4.69) is 84.2 Å². The molecule has 0 saturated carbocycles. The molecule has 0 amide bonds. The zero-order valence-electron chi connectivity index (χ0n) is 16.3. The van der Waals surface area contributed by atoms with Crippen molar-refractivity contribution in [2.45, 2.75) is 19.5 Å².